The van der Waals surface area contributed by atoms with Crippen LogP contribution >= 0.6 is 27.3 Å². The van der Waals surface area contributed by atoms with Crippen LogP contribution in [0.25, 0.3) is 0 Å². The average Bonchev–Trinajstić information content (AvgIpc) is 3.09. The van der Waals surface area contributed by atoms with Crippen molar-refractivity contribution in [2.24, 2.45) is 5.92 Å². The number of nitrogens with one attached hydrogen (secondary N) is 1. The summed E-state index contributed by atoms with van der Waals surface area (Å²) in [4.78, 5) is 25.7. The molecule has 0 spiro atoms. The van der Waals surface area contributed by atoms with Crippen LogP contribution in [0.2, 0.25) is 0 Å². The molecule has 2 heterocycles. The monoisotopic (exact) mass is 411 g/mol. The Hall–Kier alpha value is -1.67. The molecule has 1 unspecified atom stereocenters. The summed E-state index contributed by atoms with van der Waals surface area (Å²) >= 11 is 4.78. The van der Waals surface area contributed by atoms with E-state index in [0.29, 0.717) is 16.5 Å². The van der Waals surface area contributed by atoms with Crippen LogP contribution in [0.5, 0.6) is 0 Å². The molecule has 0 saturated heterocycles. The van der Waals surface area contributed by atoms with Gasteiger partial charge in [0.15, 0.2) is 0 Å². The van der Waals surface area contributed by atoms with Crippen molar-refractivity contribution in [3.8, 4) is 0 Å². The number of thiophene rings is 1. The highest BCUT2D eigenvalue weighted by atomic mass is 79.9. The molecule has 0 radical (unpaired) electrons. The zero-order chi connectivity index (χ0) is 17.3. The van der Waals surface area contributed by atoms with Gasteiger partial charge in [0.25, 0.3) is 0 Å². The van der Waals surface area contributed by atoms with E-state index in [-0.39, 0.29) is 18.4 Å². The smallest absolute Gasteiger partial charge is 0.341 e. The van der Waals surface area contributed by atoms with Crippen LogP contribution in [0.4, 0.5) is 5.00 Å². The molecule has 2 aromatic heterocycles. The summed E-state index contributed by atoms with van der Waals surface area (Å²) in [7, 11) is 1.37. The number of hydrogen-bond donors (Lipinski definition) is 1. The quantitative estimate of drug-likeness (QED) is 0.783. The number of carbonyl (C=O) groups excluding carboxylic acids is 2. The molecule has 1 atom stereocenters. The second-order valence-electron chi connectivity index (χ2n) is 5.95. The first-order valence-electron chi connectivity index (χ1n) is 7.68. The van der Waals surface area contributed by atoms with Crippen LogP contribution in [0.15, 0.2) is 16.9 Å². The summed E-state index contributed by atoms with van der Waals surface area (Å²) < 4.78 is 7.27. The lowest BCUT2D eigenvalue weighted by Gasteiger charge is -2.18. The molecule has 8 heteroatoms. The van der Waals surface area contributed by atoms with E-state index < -0.39 is 0 Å². The highest BCUT2D eigenvalue weighted by Crippen LogP contribution is 2.40. The topological polar surface area (TPSA) is 73.2 Å². The third kappa shape index (κ3) is 3.54. The molecular weight excluding hydrogens is 394 g/mol. The van der Waals surface area contributed by atoms with Crippen LogP contribution in [0.1, 0.15) is 34.1 Å². The Kier molecular flexibility index (Phi) is 5.05. The Labute approximate surface area is 152 Å². The van der Waals surface area contributed by atoms with Gasteiger partial charge in [0.1, 0.15) is 11.5 Å². The van der Waals surface area contributed by atoms with Crippen molar-refractivity contribution in [3.05, 3.63) is 32.9 Å². The van der Waals surface area contributed by atoms with Gasteiger partial charge in [-0.05, 0) is 46.7 Å². The third-order valence-electron chi connectivity index (χ3n) is 4.06. The van der Waals surface area contributed by atoms with Crippen molar-refractivity contribution in [1.82, 2.24) is 9.78 Å². The van der Waals surface area contributed by atoms with E-state index in [1.807, 2.05) is 0 Å². The molecule has 0 bridgehead atoms. The summed E-state index contributed by atoms with van der Waals surface area (Å²) in [5.74, 6) is -0.0202. The van der Waals surface area contributed by atoms with Gasteiger partial charge in [-0.15, -0.1) is 11.3 Å². The number of esters is 1. The summed E-state index contributed by atoms with van der Waals surface area (Å²) in [5, 5.41) is 7.51. The maximum Gasteiger partial charge on any atom is 0.341 e. The summed E-state index contributed by atoms with van der Waals surface area (Å²) in [6.07, 6.45) is 6.17. The SMILES string of the molecule is COC(=O)c1c(NC(=O)Cn2cc(Br)cn2)sc2c1CCC(C)C2. The average molecular weight is 412 g/mol. The van der Waals surface area contributed by atoms with Gasteiger partial charge in [-0.3, -0.25) is 9.48 Å². The lowest BCUT2D eigenvalue weighted by molar-refractivity contribution is -0.116. The molecule has 0 aliphatic heterocycles. The second-order valence-corrected chi connectivity index (χ2v) is 7.97. The Balaban J connectivity index is 1.84. The lowest BCUT2D eigenvalue weighted by atomic mass is 9.88. The van der Waals surface area contributed by atoms with E-state index >= 15 is 0 Å². The van der Waals surface area contributed by atoms with Crippen molar-refractivity contribution in [3.63, 3.8) is 0 Å². The molecule has 1 aliphatic carbocycles. The van der Waals surface area contributed by atoms with Gasteiger partial charge in [0.05, 0.1) is 23.3 Å². The number of halogens is 1. The van der Waals surface area contributed by atoms with Gasteiger partial charge in [-0.2, -0.15) is 5.10 Å². The number of ether oxygens (including phenoxy) is 1. The number of rotatable bonds is 4. The van der Waals surface area contributed by atoms with Crippen molar-refractivity contribution in [1.29, 1.82) is 0 Å². The summed E-state index contributed by atoms with van der Waals surface area (Å²) in [6.45, 7) is 2.29. The van der Waals surface area contributed by atoms with Crippen molar-refractivity contribution in [2.45, 2.75) is 32.7 Å². The molecule has 0 fully saturated rings. The molecule has 1 aliphatic rings. The van der Waals surface area contributed by atoms with Crippen molar-refractivity contribution >= 4 is 44.1 Å². The van der Waals surface area contributed by atoms with Crippen LogP contribution in [-0.2, 0) is 28.9 Å². The minimum absolute atomic E-state index is 0.0885. The third-order valence-corrected chi connectivity index (χ3v) is 5.64. The number of amides is 1. The van der Waals surface area contributed by atoms with Gasteiger partial charge in [0, 0.05) is 11.1 Å². The lowest BCUT2D eigenvalue weighted by Crippen LogP contribution is -2.20. The number of aromatic nitrogens is 2. The Morgan fingerprint density at radius 3 is 3.00 bits per heavy atom. The first-order chi connectivity index (χ1) is 11.5. The molecule has 3 rings (SSSR count). The second kappa shape index (κ2) is 7.06. The van der Waals surface area contributed by atoms with Gasteiger partial charge in [-0.25, -0.2) is 4.79 Å². The fourth-order valence-electron chi connectivity index (χ4n) is 2.89. The minimum Gasteiger partial charge on any atom is -0.465 e. The van der Waals surface area contributed by atoms with Gasteiger partial charge < -0.3 is 10.1 Å². The summed E-state index contributed by atoms with van der Waals surface area (Å²) in [6, 6.07) is 0. The molecule has 0 aromatic carbocycles. The molecule has 6 nitrogen and oxygen atoms in total. The summed E-state index contributed by atoms with van der Waals surface area (Å²) in [5.41, 5.74) is 1.54. The predicted octanol–water partition coefficient (Wildman–Crippen LogP) is 3.26. The van der Waals surface area contributed by atoms with E-state index in [9.17, 15) is 9.59 Å². The maximum atomic E-state index is 12.3. The molecule has 1 N–H and O–H groups in total. The molecule has 24 heavy (non-hydrogen) atoms. The van der Waals surface area contributed by atoms with E-state index in [0.717, 1.165) is 29.3 Å². The Morgan fingerprint density at radius 1 is 1.54 bits per heavy atom. The maximum absolute atomic E-state index is 12.3. The number of hydrogen-bond acceptors (Lipinski definition) is 5. The zero-order valence-corrected chi connectivity index (χ0v) is 15.9. The van der Waals surface area contributed by atoms with Crippen molar-refractivity contribution < 1.29 is 14.3 Å². The predicted molar refractivity (Wildman–Crippen MR) is 95.4 cm³/mol. The molecule has 1 amide bonds. The number of carbonyl (C=O) groups is 2. The van der Waals surface area contributed by atoms with E-state index in [1.54, 1.807) is 12.4 Å². The first-order valence-corrected chi connectivity index (χ1v) is 9.29. The normalized spacial score (nSPS) is 16.5. The first kappa shape index (κ1) is 17.2. The van der Waals surface area contributed by atoms with E-state index in [2.05, 4.69) is 33.3 Å². The molecular formula is C16H18BrN3O3S. The van der Waals surface area contributed by atoms with Gasteiger partial charge >= 0.3 is 5.97 Å². The molecule has 2 aromatic rings. The Bertz CT molecular complexity index is 784. The highest BCUT2D eigenvalue weighted by Gasteiger charge is 2.28. The number of fused-ring (bicyclic) bond motifs is 1. The number of nitrogens with zero attached hydrogens (tertiary/aromatic N) is 2. The number of methoxy groups -OCH3 is 1. The van der Waals surface area contributed by atoms with Gasteiger partial charge in [0.2, 0.25) is 5.91 Å². The zero-order valence-electron chi connectivity index (χ0n) is 13.5. The van der Waals surface area contributed by atoms with Crippen LogP contribution in [-0.4, -0.2) is 28.8 Å². The number of anilines is 1. The molecule has 128 valence electrons. The van der Waals surface area contributed by atoms with E-state index in [4.69, 9.17) is 4.74 Å². The Morgan fingerprint density at radius 2 is 2.33 bits per heavy atom. The van der Waals surface area contributed by atoms with Crippen LogP contribution < -0.4 is 5.32 Å². The minimum atomic E-state index is -0.390. The van der Waals surface area contributed by atoms with Crippen LogP contribution in [0, 0.1) is 5.92 Å². The highest BCUT2D eigenvalue weighted by molar-refractivity contribution is 9.10. The van der Waals surface area contributed by atoms with Gasteiger partial charge in [-0.1, -0.05) is 6.92 Å². The fraction of sp³-hybridized carbons (Fsp3) is 0.438. The fourth-order valence-corrected chi connectivity index (χ4v) is 4.64. The van der Waals surface area contributed by atoms with Crippen LogP contribution in [0.3, 0.4) is 0 Å². The standard InChI is InChI=1S/C16H18BrN3O3S/c1-9-3-4-11-12(5-9)24-15(14(11)16(22)23-2)19-13(21)8-20-7-10(17)6-18-20/h6-7,9H,3-5,8H2,1-2H3,(H,19,21). The van der Waals surface area contributed by atoms with Crippen molar-refractivity contribution in [2.75, 3.05) is 12.4 Å². The van der Waals surface area contributed by atoms with E-state index in [1.165, 1.54) is 28.0 Å². The largest absolute Gasteiger partial charge is 0.465 e. The molecule has 0 saturated carbocycles.